The molecule has 26 heavy (non-hydrogen) atoms. The largest absolute Gasteiger partial charge is 0.460 e. The first-order chi connectivity index (χ1) is 12.1. The highest BCUT2D eigenvalue weighted by atomic mass is 16.6. The van der Waals surface area contributed by atoms with Crippen LogP contribution in [0, 0.1) is 0 Å². The van der Waals surface area contributed by atoms with Gasteiger partial charge in [0, 0.05) is 6.92 Å². The zero-order chi connectivity index (χ0) is 19.5. The van der Waals surface area contributed by atoms with E-state index in [1.165, 1.54) is 12.5 Å². The molecule has 0 amide bonds. The Balaban J connectivity index is 2.25. The van der Waals surface area contributed by atoms with Crippen molar-refractivity contribution >= 4 is 11.8 Å². The number of hydrogen-bond acceptors (Lipinski definition) is 4. The molecule has 0 aromatic rings. The quantitative estimate of drug-likeness (QED) is 0.283. The van der Waals surface area contributed by atoms with Crippen LogP contribution in [0.4, 0.5) is 0 Å². The summed E-state index contributed by atoms with van der Waals surface area (Å²) in [5.74, 6) is -0.153. The molecule has 0 aromatic heterocycles. The van der Waals surface area contributed by atoms with E-state index in [4.69, 9.17) is 9.47 Å². The monoisotopic (exact) mass is 362 g/mol. The maximum atomic E-state index is 13.0. The van der Waals surface area contributed by atoms with Crippen LogP contribution in [-0.4, -0.2) is 29.1 Å². The normalized spacial score (nSPS) is 35.6. The number of carbonyl (C=O) groups is 2. The minimum Gasteiger partial charge on any atom is -0.460 e. The summed E-state index contributed by atoms with van der Waals surface area (Å²) in [6.45, 7) is 11.6. The van der Waals surface area contributed by atoms with Gasteiger partial charge in [0.15, 0.2) is 5.78 Å². The van der Waals surface area contributed by atoms with E-state index < -0.39 is 5.60 Å². The van der Waals surface area contributed by atoms with E-state index in [9.17, 15) is 9.59 Å². The van der Waals surface area contributed by atoms with Gasteiger partial charge in [-0.1, -0.05) is 17.2 Å². The molecule has 3 atom stereocenters. The molecule has 0 bridgehead atoms. The summed E-state index contributed by atoms with van der Waals surface area (Å²) >= 11 is 0. The third-order valence-corrected chi connectivity index (χ3v) is 5.73. The van der Waals surface area contributed by atoms with Crippen molar-refractivity contribution in [3.05, 3.63) is 22.8 Å². The Morgan fingerprint density at radius 1 is 1.15 bits per heavy atom. The number of ether oxygens (including phenoxy) is 2. The molecule has 2 aliphatic rings. The molecular formula is C22H34O4. The molecule has 0 saturated carbocycles. The molecule has 4 heteroatoms. The van der Waals surface area contributed by atoms with Crippen LogP contribution in [0.15, 0.2) is 22.8 Å². The zero-order valence-electron chi connectivity index (χ0n) is 17.2. The Bertz CT molecular complexity index is 626. The minimum absolute atomic E-state index is 0.107. The van der Waals surface area contributed by atoms with Crippen LogP contribution in [0.2, 0.25) is 0 Å². The summed E-state index contributed by atoms with van der Waals surface area (Å²) < 4.78 is 11.5. The van der Waals surface area contributed by atoms with E-state index in [1.54, 1.807) is 0 Å². The summed E-state index contributed by atoms with van der Waals surface area (Å²) in [6.07, 6.45) is 7.79. The smallest absolute Gasteiger partial charge is 0.303 e. The molecule has 1 aliphatic heterocycles. The predicted octanol–water partition coefficient (Wildman–Crippen LogP) is 5.06. The molecule has 0 radical (unpaired) electrons. The minimum atomic E-state index is -0.537. The van der Waals surface area contributed by atoms with E-state index in [2.05, 4.69) is 13.0 Å². The van der Waals surface area contributed by atoms with Crippen LogP contribution in [-0.2, 0) is 19.1 Å². The molecule has 146 valence electrons. The van der Waals surface area contributed by atoms with E-state index in [0.717, 1.165) is 43.3 Å². The van der Waals surface area contributed by atoms with Crippen molar-refractivity contribution in [1.29, 1.82) is 0 Å². The van der Waals surface area contributed by atoms with Crippen LogP contribution in [0.1, 0.15) is 86.5 Å². The van der Waals surface area contributed by atoms with Crippen molar-refractivity contribution in [1.82, 2.24) is 0 Å². The van der Waals surface area contributed by atoms with E-state index in [1.807, 2.05) is 27.7 Å². The highest BCUT2D eigenvalue weighted by Gasteiger charge is 2.56. The van der Waals surface area contributed by atoms with Gasteiger partial charge in [-0.05, 0) is 85.1 Å². The van der Waals surface area contributed by atoms with Crippen LogP contribution in [0.3, 0.4) is 0 Å². The first-order valence-electron chi connectivity index (χ1n) is 9.80. The van der Waals surface area contributed by atoms with Crippen molar-refractivity contribution in [2.45, 2.75) is 104 Å². The molecule has 0 spiro atoms. The topological polar surface area (TPSA) is 55.9 Å². The number of hydrogen-bond donors (Lipinski definition) is 0. The molecule has 1 heterocycles. The van der Waals surface area contributed by atoms with Crippen LogP contribution in [0.25, 0.3) is 0 Å². The maximum absolute atomic E-state index is 13.0. The Morgan fingerprint density at radius 2 is 1.85 bits per heavy atom. The lowest BCUT2D eigenvalue weighted by Crippen LogP contribution is -2.32. The summed E-state index contributed by atoms with van der Waals surface area (Å²) in [7, 11) is 0. The number of Topliss-reactive ketones (excluding diaryl/α,β-unsaturated/α-hetero) is 1. The number of esters is 1. The van der Waals surface area contributed by atoms with Crippen molar-refractivity contribution in [3.8, 4) is 0 Å². The van der Waals surface area contributed by atoms with Gasteiger partial charge >= 0.3 is 5.97 Å². The van der Waals surface area contributed by atoms with E-state index in [0.29, 0.717) is 12.8 Å². The lowest BCUT2D eigenvalue weighted by atomic mass is 9.85. The van der Waals surface area contributed by atoms with Crippen LogP contribution in [0.5, 0.6) is 0 Å². The summed E-state index contributed by atoms with van der Waals surface area (Å²) in [4.78, 5) is 24.6. The molecule has 1 fully saturated rings. The highest BCUT2D eigenvalue weighted by Crippen LogP contribution is 2.43. The van der Waals surface area contributed by atoms with Gasteiger partial charge in [-0.25, -0.2) is 0 Å². The fourth-order valence-corrected chi connectivity index (χ4v) is 3.95. The Morgan fingerprint density at radius 3 is 2.46 bits per heavy atom. The Kier molecular flexibility index (Phi) is 6.49. The standard InChI is InChI=1S/C22H34O4/c1-15(2)18-11-14-21(5,25-17(4)23)12-7-9-16(3)10-8-13-22(6)20(26-22)19(18)24/h10,20H,7-9,11-14H2,1-6H3/b16-10+/t20-,21+,22-/m0/s1. The molecule has 1 aliphatic carbocycles. The second-order valence-electron chi connectivity index (χ2n) is 8.64. The first-order valence-corrected chi connectivity index (χ1v) is 9.80. The molecule has 1 saturated heterocycles. The fourth-order valence-electron chi connectivity index (χ4n) is 3.95. The SMILES string of the molecule is CC(=O)O[C@]1(C)CCC/C(C)=C/CC[C@]2(C)O[C@H]2C(=O)C(=C(C)C)CC1. The van der Waals surface area contributed by atoms with Gasteiger partial charge in [0.25, 0.3) is 0 Å². The van der Waals surface area contributed by atoms with Crippen molar-refractivity contribution in [2.24, 2.45) is 0 Å². The summed E-state index contributed by atoms with van der Waals surface area (Å²) in [5.41, 5.74) is 2.34. The molecule has 0 N–H and O–H groups in total. The van der Waals surface area contributed by atoms with Crippen molar-refractivity contribution in [3.63, 3.8) is 0 Å². The second kappa shape index (κ2) is 8.08. The van der Waals surface area contributed by atoms with Crippen molar-refractivity contribution < 1.29 is 19.1 Å². The number of epoxide rings is 1. The van der Waals surface area contributed by atoms with Gasteiger partial charge in [-0.3, -0.25) is 9.59 Å². The van der Waals surface area contributed by atoms with Gasteiger partial charge in [0.1, 0.15) is 17.3 Å². The van der Waals surface area contributed by atoms with E-state index in [-0.39, 0.29) is 23.5 Å². The summed E-state index contributed by atoms with van der Waals surface area (Å²) in [6, 6.07) is 0. The lowest BCUT2D eigenvalue weighted by molar-refractivity contribution is -0.156. The maximum Gasteiger partial charge on any atom is 0.303 e. The Hall–Kier alpha value is -1.42. The molecule has 4 nitrogen and oxygen atoms in total. The third kappa shape index (κ3) is 5.29. The summed E-state index contributed by atoms with van der Waals surface area (Å²) in [5, 5.41) is 0. The second-order valence-corrected chi connectivity index (χ2v) is 8.64. The van der Waals surface area contributed by atoms with Crippen LogP contribution < -0.4 is 0 Å². The first kappa shape index (κ1) is 20.9. The fraction of sp³-hybridized carbons (Fsp3) is 0.727. The number of allylic oxidation sites excluding steroid dienone is 3. The van der Waals surface area contributed by atoms with Gasteiger partial charge in [-0.15, -0.1) is 0 Å². The van der Waals surface area contributed by atoms with Gasteiger partial charge in [-0.2, -0.15) is 0 Å². The van der Waals surface area contributed by atoms with Crippen molar-refractivity contribution in [2.75, 3.05) is 0 Å². The average Bonchev–Trinajstić information content (AvgIpc) is 3.17. The molecule has 2 rings (SSSR count). The number of fused-ring (bicyclic) bond motifs is 1. The number of rotatable bonds is 1. The zero-order valence-corrected chi connectivity index (χ0v) is 17.2. The number of ketones is 1. The third-order valence-electron chi connectivity index (χ3n) is 5.73. The van der Waals surface area contributed by atoms with Gasteiger partial charge in [0.2, 0.25) is 0 Å². The molecular weight excluding hydrogens is 328 g/mol. The molecule has 0 aromatic carbocycles. The van der Waals surface area contributed by atoms with Gasteiger partial charge in [0.05, 0.1) is 0 Å². The lowest BCUT2D eigenvalue weighted by Gasteiger charge is -2.30. The predicted molar refractivity (Wildman–Crippen MR) is 103 cm³/mol. The van der Waals surface area contributed by atoms with Crippen LogP contribution >= 0.6 is 0 Å². The average molecular weight is 363 g/mol. The van der Waals surface area contributed by atoms with Gasteiger partial charge < -0.3 is 9.47 Å². The highest BCUT2D eigenvalue weighted by molar-refractivity contribution is 6.01. The van der Waals surface area contributed by atoms with E-state index >= 15 is 0 Å². The Labute approximate surface area is 158 Å². The number of carbonyl (C=O) groups excluding carboxylic acids is 2. The molecule has 0 unspecified atom stereocenters.